The van der Waals surface area contributed by atoms with Gasteiger partial charge in [-0.3, -0.25) is 18.5 Å². The highest BCUT2D eigenvalue weighted by Crippen LogP contribution is 2.23. The molecule has 0 N–H and O–H groups in total. The van der Waals surface area contributed by atoms with Crippen LogP contribution in [0.4, 0.5) is 13.2 Å². The van der Waals surface area contributed by atoms with Gasteiger partial charge in [-0.2, -0.15) is 18.2 Å². The van der Waals surface area contributed by atoms with Gasteiger partial charge in [0, 0.05) is 32.3 Å². The molecule has 2 aromatic heterocycles. The van der Waals surface area contributed by atoms with Crippen LogP contribution in [0, 0.1) is 0 Å². The lowest BCUT2D eigenvalue weighted by Gasteiger charge is -2.10. The van der Waals surface area contributed by atoms with E-state index in [1.807, 2.05) is 0 Å². The van der Waals surface area contributed by atoms with Crippen LogP contribution in [0.3, 0.4) is 0 Å². The van der Waals surface area contributed by atoms with Crippen LogP contribution < -0.4 is 11.2 Å². The summed E-state index contributed by atoms with van der Waals surface area (Å²) in [5.41, 5.74) is -1.56. The summed E-state index contributed by atoms with van der Waals surface area (Å²) in [4.78, 5) is 27.5. The van der Waals surface area contributed by atoms with E-state index in [4.69, 9.17) is 0 Å². The average molecular weight is 324 g/mol. The van der Waals surface area contributed by atoms with Crippen molar-refractivity contribution < 1.29 is 17.7 Å². The van der Waals surface area contributed by atoms with Crippen LogP contribution in [0.1, 0.15) is 0 Å². The van der Waals surface area contributed by atoms with Crippen LogP contribution in [0.5, 0.6) is 0 Å². The maximum absolute atomic E-state index is 12.3. The minimum atomic E-state index is -4.63. The van der Waals surface area contributed by atoms with Crippen molar-refractivity contribution in [1.82, 2.24) is 18.7 Å². The summed E-state index contributed by atoms with van der Waals surface area (Å²) in [6.07, 6.45) is -4.63. The summed E-state index contributed by atoms with van der Waals surface area (Å²) in [6.45, 7) is 0. The number of nitrogens with zero attached hydrogens (tertiary/aromatic N) is 4. The van der Waals surface area contributed by atoms with E-state index in [0.717, 1.165) is 13.7 Å². The van der Waals surface area contributed by atoms with Crippen LogP contribution in [-0.2, 0) is 32.3 Å². The molecule has 0 aliphatic rings. The number of hydrogen-bond donors (Lipinski definition) is 0. The minimum Gasteiger partial charge on any atom is -0.609 e. The summed E-state index contributed by atoms with van der Waals surface area (Å²) < 4.78 is 51.6. The van der Waals surface area contributed by atoms with E-state index in [1.165, 1.54) is 21.1 Å². The van der Waals surface area contributed by atoms with Gasteiger partial charge in [0.05, 0.1) is 0 Å². The van der Waals surface area contributed by atoms with Gasteiger partial charge in [-0.05, 0) is 0 Å². The van der Waals surface area contributed by atoms with Crippen molar-refractivity contribution in [2.75, 3.05) is 5.75 Å². The second kappa shape index (κ2) is 4.91. The molecule has 116 valence electrons. The number of aromatic nitrogens is 4. The molecule has 0 saturated carbocycles. The fourth-order valence-corrected chi connectivity index (χ4v) is 2.93. The molecule has 1 atom stereocenters. The molecular formula is C10H11F3N4O3S. The fraction of sp³-hybridized carbons (Fsp3) is 0.500. The molecule has 2 rings (SSSR count). The fourth-order valence-electron chi connectivity index (χ4n) is 1.92. The van der Waals surface area contributed by atoms with Gasteiger partial charge in [0.25, 0.3) is 5.56 Å². The lowest BCUT2D eigenvalue weighted by atomic mass is 10.5. The number of fused-ring (bicyclic) bond motifs is 1. The minimum absolute atomic E-state index is 0.0786. The molecule has 0 bridgehead atoms. The highest BCUT2D eigenvalue weighted by Gasteiger charge is 2.38. The summed E-state index contributed by atoms with van der Waals surface area (Å²) in [5, 5.41) is -0.402. The molecule has 0 saturated heterocycles. The Morgan fingerprint density at radius 1 is 1.14 bits per heavy atom. The maximum Gasteiger partial charge on any atom is 0.433 e. The van der Waals surface area contributed by atoms with Gasteiger partial charge in [-0.25, -0.2) is 4.79 Å². The normalized spacial score (nSPS) is 13.9. The highest BCUT2D eigenvalue weighted by atomic mass is 32.2. The van der Waals surface area contributed by atoms with Crippen molar-refractivity contribution in [3.63, 3.8) is 0 Å². The molecule has 0 spiro atoms. The zero-order valence-corrected chi connectivity index (χ0v) is 12.1. The number of halogens is 3. The summed E-state index contributed by atoms with van der Waals surface area (Å²) in [7, 11) is 3.85. The predicted octanol–water partition coefficient (Wildman–Crippen LogP) is -0.359. The van der Waals surface area contributed by atoms with Gasteiger partial charge in [-0.15, -0.1) is 0 Å². The standard InChI is InChI=1S/C10H11F3N4O3S/c1-15-5-6(16(2)9(19)17(3)7(5)18)14-8(15)21(20)4-10(11,12)13/h4H2,1-3H3. The zero-order chi connectivity index (χ0) is 16.1. The third kappa shape index (κ3) is 2.58. The first-order chi connectivity index (χ1) is 9.54. The number of hydrogen-bond acceptors (Lipinski definition) is 4. The molecule has 0 radical (unpaired) electrons. The molecule has 7 nitrogen and oxygen atoms in total. The van der Waals surface area contributed by atoms with Crippen molar-refractivity contribution in [3.05, 3.63) is 20.8 Å². The van der Waals surface area contributed by atoms with Gasteiger partial charge in [0.1, 0.15) is 0 Å². The van der Waals surface area contributed by atoms with Gasteiger partial charge >= 0.3 is 17.0 Å². The lowest BCUT2D eigenvalue weighted by molar-refractivity contribution is -0.106. The Kier molecular flexibility index (Phi) is 3.66. The van der Waals surface area contributed by atoms with Crippen LogP contribution in [0.2, 0.25) is 0 Å². The van der Waals surface area contributed by atoms with E-state index in [2.05, 4.69) is 4.98 Å². The molecule has 2 heterocycles. The first-order valence-corrected chi connectivity index (χ1v) is 6.94. The Bertz CT molecular complexity index is 820. The third-order valence-corrected chi connectivity index (χ3v) is 4.29. The summed E-state index contributed by atoms with van der Waals surface area (Å²) in [5.74, 6) is -1.57. The average Bonchev–Trinajstić information content (AvgIpc) is 2.70. The molecule has 11 heteroatoms. The third-order valence-electron chi connectivity index (χ3n) is 2.93. The van der Waals surface area contributed by atoms with E-state index in [0.29, 0.717) is 0 Å². The van der Waals surface area contributed by atoms with E-state index in [9.17, 15) is 27.3 Å². The molecule has 0 aliphatic carbocycles. The smallest absolute Gasteiger partial charge is 0.433 e. The van der Waals surface area contributed by atoms with Crippen molar-refractivity contribution >= 4 is 22.3 Å². The van der Waals surface area contributed by atoms with Crippen molar-refractivity contribution in [1.29, 1.82) is 0 Å². The van der Waals surface area contributed by atoms with Crippen molar-refractivity contribution in [3.8, 4) is 0 Å². The lowest BCUT2D eigenvalue weighted by Crippen LogP contribution is -2.37. The van der Waals surface area contributed by atoms with Crippen molar-refractivity contribution in [2.45, 2.75) is 11.3 Å². The van der Waals surface area contributed by atoms with E-state index >= 15 is 0 Å². The second-order valence-corrected chi connectivity index (χ2v) is 5.78. The van der Waals surface area contributed by atoms with Crippen LogP contribution in [0.25, 0.3) is 11.2 Å². The molecule has 1 unspecified atom stereocenters. The summed E-state index contributed by atoms with van der Waals surface area (Å²) >= 11 is -2.46. The molecule has 2 aromatic rings. The molecule has 0 amide bonds. The zero-order valence-electron chi connectivity index (χ0n) is 11.3. The Labute approximate surface area is 118 Å². The quantitative estimate of drug-likeness (QED) is 0.706. The van der Waals surface area contributed by atoms with Gasteiger partial charge < -0.3 is 4.55 Å². The Morgan fingerprint density at radius 3 is 2.24 bits per heavy atom. The monoisotopic (exact) mass is 324 g/mol. The van der Waals surface area contributed by atoms with E-state index in [-0.39, 0.29) is 11.2 Å². The van der Waals surface area contributed by atoms with Crippen LogP contribution >= 0.6 is 0 Å². The molecule has 0 aliphatic heterocycles. The maximum atomic E-state index is 12.3. The summed E-state index contributed by atoms with van der Waals surface area (Å²) in [6, 6.07) is 0. The van der Waals surface area contributed by atoms with Gasteiger partial charge in [0.15, 0.2) is 11.2 Å². The molecule has 0 fully saturated rings. The van der Waals surface area contributed by atoms with Gasteiger partial charge in [0.2, 0.25) is 5.75 Å². The number of imidazole rings is 1. The number of rotatable bonds is 2. The van der Waals surface area contributed by atoms with Crippen LogP contribution in [0.15, 0.2) is 14.7 Å². The topological polar surface area (TPSA) is 84.9 Å². The van der Waals surface area contributed by atoms with E-state index in [1.54, 1.807) is 0 Å². The number of alkyl halides is 3. The first-order valence-electron chi connectivity index (χ1n) is 5.62. The highest BCUT2D eigenvalue weighted by molar-refractivity contribution is 7.91. The molecular weight excluding hydrogens is 313 g/mol. The van der Waals surface area contributed by atoms with Crippen molar-refractivity contribution in [2.24, 2.45) is 21.1 Å². The van der Waals surface area contributed by atoms with Gasteiger partial charge in [-0.1, -0.05) is 0 Å². The SMILES string of the molecule is Cn1c(=O)c2c(nc([S+]([O-])CC(F)(F)F)n2C)n(C)c1=O. The first kappa shape index (κ1) is 15.6. The predicted molar refractivity (Wildman–Crippen MR) is 68.5 cm³/mol. The van der Waals surface area contributed by atoms with E-state index < -0.39 is 39.5 Å². The Balaban J connectivity index is 2.73. The largest absolute Gasteiger partial charge is 0.609 e. The molecule has 21 heavy (non-hydrogen) atoms. The second-order valence-electron chi connectivity index (χ2n) is 4.44. The Morgan fingerprint density at radius 2 is 1.71 bits per heavy atom. The Hall–Kier alpha value is -1.75. The van der Waals surface area contributed by atoms with Crippen LogP contribution in [-0.4, -0.2) is 35.2 Å². The molecule has 0 aromatic carbocycles. The number of aryl methyl sites for hydroxylation is 2.